The highest BCUT2D eigenvalue weighted by Gasteiger charge is 2.30. The van der Waals surface area contributed by atoms with Gasteiger partial charge in [-0.25, -0.2) is 10.8 Å². The van der Waals surface area contributed by atoms with Crippen molar-refractivity contribution < 1.29 is 9.90 Å². The maximum Gasteiger partial charge on any atom is 0.309 e. The first-order chi connectivity index (χ1) is 12.2. The third-order valence-corrected chi connectivity index (χ3v) is 4.67. The fraction of sp³-hybridized carbons (Fsp3) is 0.474. The lowest BCUT2D eigenvalue weighted by atomic mass is 9.86. The van der Waals surface area contributed by atoms with E-state index < -0.39 is 11.4 Å². The Labute approximate surface area is 153 Å². The highest BCUT2D eigenvalue weighted by Crippen LogP contribution is 2.41. The molecule has 7 heteroatoms. The van der Waals surface area contributed by atoms with E-state index in [4.69, 9.17) is 16.6 Å². The van der Waals surface area contributed by atoms with Crippen LogP contribution < -0.4 is 11.6 Å². The first-order valence-corrected chi connectivity index (χ1v) is 8.85. The molecule has 0 radical (unpaired) electrons. The lowest BCUT2D eigenvalue weighted by molar-refractivity contribution is -0.146. The Morgan fingerprint density at radius 2 is 2.15 bits per heavy atom. The van der Waals surface area contributed by atoms with E-state index in [1.165, 1.54) is 23.4 Å². The van der Waals surface area contributed by atoms with Crippen molar-refractivity contribution in [3.05, 3.63) is 47.2 Å². The van der Waals surface area contributed by atoms with Crippen molar-refractivity contribution >= 4 is 11.6 Å². The molecule has 5 N–H and O–H groups in total. The maximum absolute atomic E-state index is 11.6. The molecular weight excluding hydrogens is 330 g/mol. The Bertz CT molecular complexity index is 860. The number of aromatic nitrogens is 2. The van der Waals surface area contributed by atoms with Gasteiger partial charge in [0.05, 0.1) is 17.7 Å². The van der Waals surface area contributed by atoms with Gasteiger partial charge in [-0.3, -0.25) is 4.79 Å². The fourth-order valence-electron chi connectivity index (χ4n) is 3.14. The minimum absolute atomic E-state index is 0.427. The van der Waals surface area contributed by atoms with E-state index in [1.807, 2.05) is 10.6 Å². The summed E-state index contributed by atoms with van der Waals surface area (Å²) in [5.74, 6) is 5.71. The van der Waals surface area contributed by atoms with E-state index in [9.17, 15) is 9.90 Å². The Hall–Kier alpha value is -2.54. The minimum Gasteiger partial charge on any atom is -0.481 e. The standard InChI is InChI=1S/C19H27N5O2/c1-12(20)8-24(21)11-16-10-23-9-15(13-4-5-13)6-14(17(23)22-16)7-19(2,3)18(25)26/h6,8-10,13H,4-5,7,11,20-21H2,1-3H3,(H,25,26)/b12-8-. The number of aliphatic carboxylic acids is 1. The molecule has 0 aliphatic heterocycles. The molecule has 1 aliphatic rings. The third-order valence-electron chi connectivity index (χ3n) is 4.67. The van der Waals surface area contributed by atoms with E-state index in [0.717, 1.165) is 16.9 Å². The molecule has 1 fully saturated rings. The first-order valence-electron chi connectivity index (χ1n) is 8.85. The molecule has 0 atom stereocenters. The average Bonchev–Trinajstić information content (AvgIpc) is 3.27. The molecule has 1 aliphatic carbocycles. The van der Waals surface area contributed by atoms with Gasteiger partial charge in [0.25, 0.3) is 0 Å². The molecule has 0 bridgehead atoms. The van der Waals surface area contributed by atoms with E-state index in [1.54, 1.807) is 27.0 Å². The second-order valence-corrected chi connectivity index (χ2v) is 7.95. The Morgan fingerprint density at radius 1 is 1.46 bits per heavy atom. The summed E-state index contributed by atoms with van der Waals surface area (Å²) >= 11 is 0. The van der Waals surface area contributed by atoms with Crippen molar-refractivity contribution in [2.24, 2.45) is 17.0 Å². The van der Waals surface area contributed by atoms with Crippen LogP contribution in [0.3, 0.4) is 0 Å². The van der Waals surface area contributed by atoms with Gasteiger partial charge in [-0.15, -0.1) is 0 Å². The largest absolute Gasteiger partial charge is 0.481 e. The van der Waals surface area contributed by atoms with Crippen LogP contribution in [0, 0.1) is 5.41 Å². The lowest BCUT2D eigenvalue weighted by Crippen LogP contribution is -2.26. The number of pyridine rings is 1. The van der Waals surface area contributed by atoms with Crippen LogP contribution >= 0.6 is 0 Å². The number of nitrogens with two attached hydrogens (primary N) is 2. The van der Waals surface area contributed by atoms with Crippen molar-refractivity contribution in [2.45, 2.75) is 52.5 Å². The van der Waals surface area contributed by atoms with Gasteiger partial charge in [-0.1, -0.05) is 6.07 Å². The van der Waals surface area contributed by atoms with Crippen LogP contribution in [0.5, 0.6) is 0 Å². The van der Waals surface area contributed by atoms with Gasteiger partial charge in [0.2, 0.25) is 0 Å². The van der Waals surface area contributed by atoms with E-state index >= 15 is 0 Å². The van der Waals surface area contributed by atoms with Crippen LogP contribution in [0.25, 0.3) is 5.65 Å². The quantitative estimate of drug-likeness (QED) is 0.518. The number of carbonyl (C=O) groups is 1. The van der Waals surface area contributed by atoms with Crippen molar-refractivity contribution in [3.63, 3.8) is 0 Å². The number of fused-ring (bicyclic) bond motifs is 1. The summed E-state index contributed by atoms with van der Waals surface area (Å²) in [5.41, 5.74) is 9.25. The van der Waals surface area contributed by atoms with Gasteiger partial charge in [-0.2, -0.15) is 0 Å². The summed E-state index contributed by atoms with van der Waals surface area (Å²) in [7, 11) is 0. The number of hydrogen-bond donors (Lipinski definition) is 3. The predicted molar refractivity (Wildman–Crippen MR) is 100.0 cm³/mol. The van der Waals surface area contributed by atoms with Crippen molar-refractivity contribution in [1.82, 2.24) is 14.4 Å². The average molecular weight is 357 g/mol. The molecule has 0 amide bonds. The molecule has 0 unspecified atom stereocenters. The van der Waals surface area contributed by atoms with E-state index in [-0.39, 0.29) is 0 Å². The molecule has 2 aromatic heterocycles. The summed E-state index contributed by atoms with van der Waals surface area (Å²) in [6.45, 7) is 5.69. The van der Waals surface area contributed by atoms with Gasteiger partial charge in [-0.05, 0) is 57.1 Å². The maximum atomic E-state index is 11.6. The summed E-state index contributed by atoms with van der Waals surface area (Å²) in [5, 5.41) is 11.0. The van der Waals surface area contributed by atoms with Crippen LogP contribution in [0.1, 0.15) is 56.4 Å². The van der Waals surface area contributed by atoms with Gasteiger partial charge < -0.3 is 20.2 Å². The molecule has 0 spiro atoms. The molecule has 2 heterocycles. The Kier molecular flexibility index (Phi) is 4.66. The number of hydrazine groups is 1. The summed E-state index contributed by atoms with van der Waals surface area (Å²) < 4.78 is 2.00. The monoisotopic (exact) mass is 357 g/mol. The van der Waals surface area contributed by atoms with Gasteiger partial charge in [0.1, 0.15) is 5.65 Å². The highest BCUT2D eigenvalue weighted by molar-refractivity contribution is 5.74. The van der Waals surface area contributed by atoms with Crippen molar-refractivity contribution in [2.75, 3.05) is 0 Å². The molecule has 0 saturated heterocycles. The van der Waals surface area contributed by atoms with Gasteiger partial charge >= 0.3 is 5.97 Å². The van der Waals surface area contributed by atoms with Crippen molar-refractivity contribution in [1.29, 1.82) is 0 Å². The molecule has 7 nitrogen and oxygen atoms in total. The smallest absolute Gasteiger partial charge is 0.309 e. The second-order valence-electron chi connectivity index (χ2n) is 7.95. The number of carboxylic acid groups (broad SMARTS) is 1. The zero-order chi connectivity index (χ0) is 19.1. The topological polar surface area (TPSA) is 110 Å². The summed E-state index contributed by atoms with van der Waals surface area (Å²) in [6, 6.07) is 2.12. The van der Waals surface area contributed by atoms with Crippen LogP contribution in [0.15, 0.2) is 30.4 Å². The predicted octanol–water partition coefficient (Wildman–Crippen LogP) is 2.36. The SMILES string of the molecule is C/C(N)=C/N(N)Cc1cn2cc(C3CC3)cc(CC(C)(C)C(=O)O)c2n1. The number of hydrogen-bond acceptors (Lipinski definition) is 5. The first kappa shape index (κ1) is 18.3. The number of rotatable bonds is 7. The van der Waals surface area contributed by atoms with Crippen LogP contribution in [-0.2, 0) is 17.8 Å². The molecular formula is C19H27N5O2. The summed E-state index contributed by atoms with van der Waals surface area (Å²) in [6.07, 6.45) is 8.52. The number of imidazole rings is 1. The zero-order valence-corrected chi connectivity index (χ0v) is 15.6. The van der Waals surface area contributed by atoms with Gasteiger partial charge in [0, 0.05) is 24.3 Å². The Morgan fingerprint density at radius 3 is 2.73 bits per heavy atom. The van der Waals surface area contributed by atoms with Crippen molar-refractivity contribution in [3.8, 4) is 0 Å². The van der Waals surface area contributed by atoms with E-state index in [2.05, 4.69) is 12.3 Å². The highest BCUT2D eigenvalue weighted by atomic mass is 16.4. The number of nitrogens with zero attached hydrogens (tertiary/aromatic N) is 3. The molecule has 26 heavy (non-hydrogen) atoms. The van der Waals surface area contributed by atoms with Crippen LogP contribution in [0.4, 0.5) is 0 Å². The fourth-order valence-corrected chi connectivity index (χ4v) is 3.14. The zero-order valence-electron chi connectivity index (χ0n) is 15.6. The van der Waals surface area contributed by atoms with Gasteiger partial charge in [0.15, 0.2) is 0 Å². The number of carboxylic acids is 1. The Balaban J connectivity index is 1.99. The molecule has 1 saturated carbocycles. The van der Waals surface area contributed by atoms with Crippen LogP contribution in [-0.4, -0.2) is 25.5 Å². The minimum atomic E-state index is -0.853. The molecule has 3 rings (SSSR count). The van der Waals surface area contributed by atoms with E-state index in [0.29, 0.717) is 24.6 Å². The second kappa shape index (κ2) is 6.64. The third kappa shape index (κ3) is 3.99. The molecule has 2 aromatic rings. The normalized spacial score (nSPS) is 15.5. The van der Waals surface area contributed by atoms with Crippen LogP contribution in [0.2, 0.25) is 0 Å². The summed E-state index contributed by atoms with van der Waals surface area (Å²) in [4.78, 5) is 16.3. The number of allylic oxidation sites excluding steroid dienone is 1. The lowest BCUT2D eigenvalue weighted by Gasteiger charge is -2.20. The molecule has 140 valence electrons. The molecule has 0 aromatic carbocycles.